The summed E-state index contributed by atoms with van der Waals surface area (Å²) in [5.41, 5.74) is 1.50. The Hall–Kier alpha value is -3.55. The molecule has 1 aliphatic rings. The second-order valence-electron chi connectivity index (χ2n) is 8.94. The van der Waals surface area contributed by atoms with Gasteiger partial charge in [-0.15, -0.1) is 0 Å². The minimum atomic E-state index is -1.11. The van der Waals surface area contributed by atoms with E-state index < -0.39 is 35.7 Å². The first-order valence-electron chi connectivity index (χ1n) is 10.9. The van der Waals surface area contributed by atoms with Gasteiger partial charge >= 0.3 is 12.1 Å². The third-order valence-corrected chi connectivity index (χ3v) is 5.20. The Kier molecular flexibility index (Phi) is 7.26. The lowest BCUT2D eigenvalue weighted by Crippen LogP contribution is -2.53. The number of benzene rings is 2. The topological polar surface area (TPSA) is 105 Å². The Labute approximate surface area is 193 Å². The molecule has 2 atom stereocenters. The first-order valence-corrected chi connectivity index (χ1v) is 10.9. The van der Waals surface area contributed by atoms with Crippen molar-refractivity contribution in [3.8, 4) is 5.75 Å². The van der Waals surface area contributed by atoms with E-state index in [9.17, 15) is 19.5 Å². The molecule has 8 heteroatoms. The zero-order valence-corrected chi connectivity index (χ0v) is 19.3. The van der Waals surface area contributed by atoms with Crippen LogP contribution in [0.5, 0.6) is 5.75 Å². The number of ether oxygens (including phenoxy) is 2. The number of amides is 2. The fourth-order valence-corrected chi connectivity index (χ4v) is 3.68. The Balaban J connectivity index is 1.79. The van der Waals surface area contributed by atoms with Gasteiger partial charge in [0, 0.05) is 12.1 Å². The van der Waals surface area contributed by atoms with Crippen LogP contribution in [-0.4, -0.2) is 40.8 Å². The molecule has 0 aliphatic carbocycles. The number of aliphatic carboxylic acids is 1. The highest BCUT2D eigenvalue weighted by Crippen LogP contribution is 2.36. The van der Waals surface area contributed by atoms with Crippen molar-refractivity contribution in [3.63, 3.8) is 0 Å². The fraction of sp³-hybridized carbons (Fsp3) is 0.400. The Morgan fingerprint density at radius 3 is 2.45 bits per heavy atom. The first kappa shape index (κ1) is 24.1. The molecule has 0 aromatic heterocycles. The van der Waals surface area contributed by atoms with E-state index in [1.165, 1.54) is 4.90 Å². The molecule has 3 rings (SSSR count). The van der Waals surface area contributed by atoms with Gasteiger partial charge in [-0.1, -0.05) is 37.3 Å². The monoisotopic (exact) mass is 454 g/mol. The van der Waals surface area contributed by atoms with Crippen LogP contribution in [0.4, 0.5) is 10.5 Å². The van der Waals surface area contributed by atoms with E-state index in [1.54, 1.807) is 45.9 Å². The van der Waals surface area contributed by atoms with E-state index in [1.807, 2.05) is 30.3 Å². The summed E-state index contributed by atoms with van der Waals surface area (Å²) in [6.45, 7) is 7.30. The van der Waals surface area contributed by atoms with E-state index in [0.717, 1.165) is 5.56 Å². The number of alkyl carbamates (subject to hydrolysis) is 1. The number of carbonyl (C=O) groups is 3. The largest absolute Gasteiger partial charge is 0.489 e. The number of anilines is 1. The summed E-state index contributed by atoms with van der Waals surface area (Å²) < 4.78 is 11.1. The van der Waals surface area contributed by atoms with Crippen molar-refractivity contribution < 1.29 is 29.0 Å². The maximum absolute atomic E-state index is 13.3. The number of rotatable bonds is 7. The summed E-state index contributed by atoms with van der Waals surface area (Å²) in [5.74, 6) is -1.01. The molecule has 2 aromatic carbocycles. The fourth-order valence-electron chi connectivity index (χ4n) is 3.68. The van der Waals surface area contributed by atoms with Crippen molar-refractivity contribution in [3.05, 3.63) is 59.7 Å². The lowest BCUT2D eigenvalue weighted by molar-refractivity contribution is -0.140. The quantitative estimate of drug-likeness (QED) is 0.657. The van der Waals surface area contributed by atoms with Crippen molar-refractivity contribution in [1.82, 2.24) is 5.32 Å². The molecule has 8 nitrogen and oxygen atoms in total. The average Bonchev–Trinajstić information content (AvgIpc) is 3.14. The predicted octanol–water partition coefficient (Wildman–Crippen LogP) is 3.91. The highest BCUT2D eigenvalue weighted by molar-refractivity contribution is 6.05. The van der Waals surface area contributed by atoms with Crippen LogP contribution in [0.2, 0.25) is 0 Å². The molecule has 1 aliphatic heterocycles. The minimum absolute atomic E-state index is 0.155. The number of carboxylic acid groups (broad SMARTS) is 1. The van der Waals surface area contributed by atoms with Gasteiger partial charge in [-0.2, -0.15) is 0 Å². The SMILES string of the molecule is CC[C@H](NC(=O)OC(C)(C)C)C(=O)N1c2ccc(OCc3ccccc3)cc2CC1C(=O)O. The van der Waals surface area contributed by atoms with Gasteiger partial charge in [0.1, 0.15) is 30.0 Å². The number of carbonyl (C=O) groups excluding carboxylic acids is 2. The second-order valence-corrected chi connectivity index (χ2v) is 8.94. The zero-order chi connectivity index (χ0) is 24.2. The van der Waals surface area contributed by atoms with Crippen LogP contribution in [-0.2, 0) is 27.4 Å². The Bertz CT molecular complexity index is 1020. The van der Waals surface area contributed by atoms with E-state index in [0.29, 0.717) is 23.6 Å². The van der Waals surface area contributed by atoms with Crippen molar-refractivity contribution in [2.24, 2.45) is 0 Å². The lowest BCUT2D eigenvalue weighted by Gasteiger charge is -2.28. The molecule has 1 unspecified atom stereocenters. The highest BCUT2D eigenvalue weighted by Gasteiger charge is 2.41. The van der Waals surface area contributed by atoms with Gasteiger partial charge in [0.25, 0.3) is 5.91 Å². The summed E-state index contributed by atoms with van der Waals surface area (Å²) >= 11 is 0. The van der Waals surface area contributed by atoms with Crippen LogP contribution in [0, 0.1) is 0 Å². The normalized spacial score (nSPS) is 16.0. The predicted molar refractivity (Wildman–Crippen MR) is 123 cm³/mol. The Morgan fingerprint density at radius 1 is 1.15 bits per heavy atom. The number of hydrogen-bond acceptors (Lipinski definition) is 5. The van der Waals surface area contributed by atoms with Gasteiger partial charge in [-0.25, -0.2) is 9.59 Å². The number of carboxylic acids is 1. The summed E-state index contributed by atoms with van der Waals surface area (Å²) in [5, 5.41) is 12.3. The van der Waals surface area contributed by atoms with E-state index in [-0.39, 0.29) is 12.8 Å². The van der Waals surface area contributed by atoms with Crippen LogP contribution in [0.1, 0.15) is 45.2 Å². The molecule has 0 bridgehead atoms. The van der Waals surface area contributed by atoms with Gasteiger partial charge in [-0.3, -0.25) is 9.69 Å². The summed E-state index contributed by atoms with van der Waals surface area (Å²) in [6, 6.07) is 12.9. The number of hydrogen-bond donors (Lipinski definition) is 2. The maximum Gasteiger partial charge on any atom is 0.408 e. The van der Waals surface area contributed by atoms with Crippen molar-refractivity contribution >= 4 is 23.7 Å². The van der Waals surface area contributed by atoms with Crippen LogP contribution in [0.3, 0.4) is 0 Å². The summed E-state index contributed by atoms with van der Waals surface area (Å²) in [7, 11) is 0. The van der Waals surface area contributed by atoms with Gasteiger partial charge in [-0.05, 0) is 56.5 Å². The van der Waals surface area contributed by atoms with Gasteiger partial charge in [0.05, 0.1) is 0 Å². The molecule has 2 N–H and O–H groups in total. The number of nitrogens with one attached hydrogen (secondary N) is 1. The highest BCUT2D eigenvalue weighted by atomic mass is 16.6. The first-order chi connectivity index (χ1) is 15.6. The Morgan fingerprint density at radius 2 is 1.85 bits per heavy atom. The molecule has 176 valence electrons. The van der Waals surface area contributed by atoms with Crippen LogP contribution in [0.15, 0.2) is 48.5 Å². The molecule has 0 spiro atoms. The molecule has 33 heavy (non-hydrogen) atoms. The average molecular weight is 455 g/mol. The molecule has 0 radical (unpaired) electrons. The molecule has 0 fully saturated rings. The molecule has 2 amide bonds. The molecule has 1 heterocycles. The van der Waals surface area contributed by atoms with Crippen LogP contribution < -0.4 is 15.0 Å². The minimum Gasteiger partial charge on any atom is -0.489 e. The number of nitrogens with zero attached hydrogens (tertiary/aromatic N) is 1. The summed E-state index contributed by atoms with van der Waals surface area (Å²) in [6.07, 6.45) is -0.283. The van der Waals surface area contributed by atoms with Crippen LogP contribution >= 0.6 is 0 Å². The van der Waals surface area contributed by atoms with E-state index in [4.69, 9.17) is 9.47 Å². The van der Waals surface area contributed by atoms with Crippen LogP contribution in [0.25, 0.3) is 0 Å². The van der Waals surface area contributed by atoms with E-state index >= 15 is 0 Å². The van der Waals surface area contributed by atoms with Gasteiger partial charge < -0.3 is 19.9 Å². The van der Waals surface area contributed by atoms with Gasteiger partial charge in [0.15, 0.2) is 0 Å². The summed E-state index contributed by atoms with van der Waals surface area (Å²) in [4.78, 5) is 38.7. The second kappa shape index (κ2) is 9.94. The third-order valence-electron chi connectivity index (χ3n) is 5.20. The van der Waals surface area contributed by atoms with Gasteiger partial charge in [0.2, 0.25) is 0 Å². The standard InChI is InChI=1S/C25H30N2O6/c1-5-19(26-24(31)33-25(2,3)4)22(28)27-20-12-11-18(13-17(20)14-21(27)23(29)30)32-15-16-9-7-6-8-10-16/h6-13,19,21H,5,14-15H2,1-4H3,(H,26,31)(H,29,30)/t19-,21?/m0/s1. The van der Waals surface area contributed by atoms with E-state index in [2.05, 4.69) is 5.32 Å². The molecule has 0 saturated heterocycles. The smallest absolute Gasteiger partial charge is 0.408 e. The van der Waals surface area contributed by atoms with Crippen molar-refractivity contribution in [2.75, 3.05) is 4.90 Å². The van der Waals surface area contributed by atoms with Crippen molar-refractivity contribution in [1.29, 1.82) is 0 Å². The lowest BCUT2D eigenvalue weighted by atomic mass is 10.1. The zero-order valence-electron chi connectivity index (χ0n) is 19.3. The molecule has 0 saturated carbocycles. The van der Waals surface area contributed by atoms with Crippen molar-refractivity contribution in [2.45, 2.75) is 64.8 Å². The maximum atomic E-state index is 13.3. The molecular weight excluding hydrogens is 424 g/mol. The third kappa shape index (κ3) is 6.03. The number of fused-ring (bicyclic) bond motifs is 1. The molecule has 2 aromatic rings. The molecular formula is C25H30N2O6.